The number of benzene rings is 8. The standard InChI is InChI=1S/C46H28O2/c1-3-11-31-27(9-1)19-23-39-45(31)37-21-17-29(25-41(37)47-39)43-33-13-5-7-15-35(33)44(36-16-8-6-14-34(36)43)30-18-22-38-42(26-30)48-40-24-20-28-10-2-4-12-32(28)46(38)40/h1-26,39,45H. The molecule has 9 aromatic rings. The van der Waals surface area contributed by atoms with Crippen LogP contribution in [0, 0.1) is 0 Å². The smallest absolute Gasteiger partial charge is 0.136 e. The number of furan rings is 1. The van der Waals surface area contributed by atoms with Crippen LogP contribution in [0.15, 0.2) is 156 Å². The number of hydrogen-bond donors (Lipinski definition) is 0. The van der Waals surface area contributed by atoms with Crippen molar-refractivity contribution in [1.82, 2.24) is 0 Å². The molecule has 0 N–H and O–H groups in total. The van der Waals surface area contributed by atoms with E-state index < -0.39 is 0 Å². The Balaban J connectivity index is 1.12. The SMILES string of the molecule is C1=CC2Oc3cc(-c4c5ccccc5c(-c5ccc6c(c5)oc5ccc7ccccc7c56)c5ccccc45)ccc3C2c2ccccc21. The molecule has 2 aliphatic rings. The van der Waals surface area contributed by atoms with Crippen LogP contribution < -0.4 is 4.74 Å². The van der Waals surface area contributed by atoms with Crippen molar-refractivity contribution >= 4 is 60.3 Å². The van der Waals surface area contributed by atoms with Crippen molar-refractivity contribution in [1.29, 1.82) is 0 Å². The lowest BCUT2D eigenvalue weighted by Gasteiger charge is -2.22. The summed E-state index contributed by atoms with van der Waals surface area (Å²) in [6.07, 6.45) is 4.44. The van der Waals surface area contributed by atoms with E-state index in [4.69, 9.17) is 9.15 Å². The zero-order valence-electron chi connectivity index (χ0n) is 26.0. The highest BCUT2D eigenvalue weighted by Gasteiger charge is 2.37. The second-order valence-electron chi connectivity index (χ2n) is 13.1. The molecule has 2 atom stereocenters. The molecule has 0 saturated carbocycles. The zero-order valence-corrected chi connectivity index (χ0v) is 26.0. The lowest BCUT2D eigenvalue weighted by atomic mass is 9.81. The van der Waals surface area contributed by atoms with E-state index in [1.165, 1.54) is 71.1 Å². The van der Waals surface area contributed by atoms with Crippen molar-refractivity contribution in [3.05, 3.63) is 168 Å². The molecule has 2 nitrogen and oxygen atoms in total. The van der Waals surface area contributed by atoms with Gasteiger partial charge in [0, 0.05) is 16.3 Å². The highest BCUT2D eigenvalue weighted by atomic mass is 16.5. The second kappa shape index (κ2) is 9.70. The maximum atomic E-state index is 6.64. The Kier molecular flexibility index (Phi) is 5.25. The maximum absolute atomic E-state index is 6.64. The molecule has 11 rings (SSSR count). The van der Waals surface area contributed by atoms with Gasteiger partial charge in [0.05, 0.1) is 5.92 Å². The van der Waals surface area contributed by atoms with Gasteiger partial charge in [0.1, 0.15) is 23.0 Å². The van der Waals surface area contributed by atoms with Crippen LogP contribution in [-0.2, 0) is 0 Å². The summed E-state index contributed by atoms with van der Waals surface area (Å²) in [5.41, 5.74) is 10.5. The van der Waals surface area contributed by atoms with Gasteiger partial charge in [-0.05, 0) is 96.0 Å². The van der Waals surface area contributed by atoms with Crippen LogP contribution in [0.3, 0.4) is 0 Å². The van der Waals surface area contributed by atoms with E-state index in [0.717, 1.165) is 27.9 Å². The average Bonchev–Trinajstić information content (AvgIpc) is 3.71. The lowest BCUT2D eigenvalue weighted by Crippen LogP contribution is -2.20. The minimum atomic E-state index is 0.0205. The van der Waals surface area contributed by atoms with Gasteiger partial charge < -0.3 is 9.15 Å². The molecule has 48 heavy (non-hydrogen) atoms. The minimum Gasteiger partial charge on any atom is -0.485 e. The monoisotopic (exact) mass is 612 g/mol. The van der Waals surface area contributed by atoms with Gasteiger partial charge in [-0.1, -0.05) is 127 Å². The van der Waals surface area contributed by atoms with Crippen molar-refractivity contribution < 1.29 is 9.15 Å². The van der Waals surface area contributed by atoms with E-state index in [1.54, 1.807) is 0 Å². The molecular weight excluding hydrogens is 585 g/mol. The Morgan fingerprint density at radius 1 is 0.458 bits per heavy atom. The third-order valence-corrected chi connectivity index (χ3v) is 10.6. The van der Waals surface area contributed by atoms with Gasteiger partial charge in [0.25, 0.3) is 0 Å². The molecule has 0 spiro atoms. The maximum Gasteiger partial charge on any atom is 0.136 e. The van der Waals surface area contributed by atoms with Gasteiger partial charge in [-0.2, -0.15) is 0 Å². The summed E-state index contributed by atoms with van der Waals surface area (Å²) < 4.78 is 13.2. The number of rotatable bonds is 2. The van der Waals surface area contributed by atoms with Crippen LogP contribution >= 0.6 is 0 Å². The summed E-state index contributed by atoms with van der Waals surface area (Å²) in [4.78, 5) is 0. The van der Waals surface area contributed by atoms with Crippen molar-refractivity contribution in [2.45, 2.75) is 12.0 Å². The summed E-state index contributed by atoms with van der Waals surface area (Å²) in [6.45, 7) is 0. The summed E-state index contributed by atoms with van der Waals surface area (Å²) in [5, 5.41) is 9.66. The molecule has 8 aromatic carbocycles. The molecule has 1 aliphatic heterocycles. The molecule has 0 amide bonds. The molecule has 1 aromatic heterocycles. The van der Waals surface area contributed by atoms with Crippen molar-refractivity contribution in [2.24, 2.45) is 0 Å². The molecule has 2 unspecified atom stereocenters. The molecule has 0 radical (unpaired) electrons. The predicted octanol–water partition coefficient (Wildman–Crippen LogP) is 12.3. The molecule has 224 valence electrons. The van der Waals surface area contributed by atoms with Gasteiger partial charge in [-0.15, -0.1) is 0 Å². The van der Waals surface area contributed by atoms with Crippen LogP contribution in [0.1, 0.15) is 22.6 Å². The number of fused-ring (bicyclic) bond motifs is 12. The average molecular weight is 613 g/mol. The van der Waals surface area contributed by atoms with Crippen molar-refractivity contribution in [3.8, 4) is 28.0 Å². The van der Waals surface area contributed by atoms with Crippen LogP contribution in [0.25, 0.3) is 82.6 Å². The van der Waals surface area contributed by atoms with E-state index in [2.05, 4.69) is 158 Å². The fraction of sp³-hybridized carbons (Fsp3) is 0.0435. The van der Waals surface area contributed by atoms with Gasteiger partial charge >= 0.3 is 0 Å². The summed E-state index contributed by atoms with van der Waals surface area (Å²) >= 11 is 0. The number of ether oxygens (including phenoxy) is 1. The van der Waals surface area contributed by atoms with Crippen LogP contribution in [0.5, 0.6) is 5.75 Å². The van der Waals surface area contributed by atoms with Crippen molar-refractivity contribution in [2.75, 3.05) is 0 Å². The van der Waals surface area contributed by atoms with Crippen LogP contribution in [-0.4, -0.2) is 6.10 Å². The largest absolute Gasteiger partial charge is 0.485 e. The highest BCUT2D eigenvalue weighted by Crippen LogP contribution is 2.50. The van der Waals surface area contributed by atoms with Gasteiger partial charge in [-0.25, -0.2) is 0 Å². The third kappa shape index (κ3) is 3.57. The Bertz CT molecular complexity index is 2780. The van der Waals surface area contributed by atoms with E-state index in [1.807, 2.05) is 0 Å². The number of hydrogen-bond acceptors (Lipinski definition) is 2. The predicted molar refractivity (Wildman–Crippen MR) is 199 cm³/mol. The first-order chi connectivity index (χ1) is 23.8. The highest BCUT2D eigenvalue weighted by molar-refractivity contribution is 6.23. The topological polar surface area (TPSA) is 22.4 Å². The molecule has 2 heterocycles. The first-order valence-electron chi connectivity index (χ1n) is 16.7. The first-order valence-corrected chi connectivity index (χ1v) is 16.7. The molecule has 0 saturated heterocycles. The summed E-state index contributed by atoms with van der Waals surface area (Å²) in [7, 11) is 0. The van der Waals surface area contributed by atoms with Crippen LogP contribution in [0.4, 0.5) is 0 Å². The molecule has 2 heteroatoms. The Labute approximate surface area is 277 Å². The van der Waals surface area contributed by atoms with Gasteiger partial charge in [0.2, 0.25) is 0 Å². The van der Waals surface area contributed by atoms with E-state index in [9.17, 15) is 0 Å². The summed E-state index contributed by atoms with van der Waals surface area (Å²) in [6, 6.07) is 52.7. The first kappa shape index (κ1) is 26.0. The van der Waals surface area contributed by atoms with Gasteiger partial charge in [0.15, 0.2) is 0 Å². The normalized spacial score (nSPS) is 16.4. The van der Waals surface area contributed by atoms with Crippen LogP contribution in [0.2, 0.25) is 0 Å². The molecular formula is C46H28O2. The molecule has 1 aliphatic carbocycles. The Hall–Kier alpha value is -6.12. The quantitative estimate of drug-likeness (QED) is 0.181. The minimum absolute atomic E-state index is 0.0205. The molecule has 0 bridgehead atoms. The van der Waals surface area contributed by atoms with Gasteiger partial charge in [-0.3, -0.25) is 0 Å². The van der Waals surface area contributed by atoms with Crippen molar-refractivity contribution in [3.63, 3.8) is 0 Å². The fourth-order valence-electron chi connectivity index (χ4n) is 8.53. The molecule has 0 fully saturated rings. The lowest BCUT2D eigenvalue weighted by molar-refractivity contribution is 0.267. The second-order valence-corrected chi connectivity index (χ2v) is 13.1. The fourth-order valence-corrected chi connectivity index (χ4v) is 8.53. The zero-order chi connectivity index (χ0) is 31.3. The Morgan fingerprint density at radius 2 is 1.10 bits per heavy atom. The summed E-state index contributed by atoms with van der Waals surface area (Å²) in [5.74, 6) is 1.20. The third-order valence-electron chi connectivity index (χ3n) is 10.6. The van der Waals surface area contributed by atoms with E-state index in [0.29, 0.717) is 0 Å². The Morgan fingerprint density at radius 3 is 1.88 bits per heavy atom. The van der Waals surface area contributed by atoms with E-state index in [-0.39, 0.29) is 12.0 Å². The van der Waals surface area contributed by atoms with E-state index >= 15 is 0 Å².